The summed E-state index contributed by atoms with van der Waals surface area (Å²) in [5.41, 5.74) is 0. The lowest BCUT2D eigenvalue weighted by atomic mass is 10.2. The lowest BCUT2D eigenvalue weighted by Gasteiger charge is -2.28. The molecule has 0 aliphatic heterocycles. The zero-order chi connectivity index (χ0) is 12.8. The molecule has 0 spiro atoms. The van der Waals surface area contributed by atoms with Crippen LogP contribution in [-0.4, -0.2) is 22.6 Å². The Morgan fingerprint density at radius 3 is 2.53 bits per heavy atom. The van der Waals surface area contributed by atoms with Crippen molar-refractivity contribution in [2.45, 2.75) is 53.0 Å². The maximum Gasteiger partial charge on any atom is 0.134 e. The Bertz CT molecular complexity index is 332. The van der Waals surface area contributed by atoms with Crippen LogP contribution in [0, 0.1) is 6.92 Å². The lowest BCUT2D eigenvalue weighted by molar-refractivity contribution is 0.618. The third-order valence-corrected chi connectivity index (χ3v) is 2.91. The average molecular weight is 256 g/mol. The smallest absolute Gasteiger partial charge is 0.134 e. The van der Waals surface area contributed by atoms with E-state index in [-0.39, 0.29) is 0 Å². The van der Waals surface area contributed by atoms with Gasteiger partial charge in [0.25, 0.3) is 0 Å². The van der Waals surface area contributed by atoms with Gasteiger partial charge in [-0.25, -0.2) is 9.97 Å². The van der Waals surface area contributed by atoms with Gasteiger partial charge in [0.05, 0.1) is 0 Å². The third kappa shape index (κ3) is 4.50. The molecular weight excluding hydrogens is 234 g/mol. The molecule has 0 aliphatic rings. The number of rotatable bonds is 6. The number of unbranched alkanes of at least 4 members (excludes halogenated alkanes) is 2. The second-order valence-electron chi connectivity index (χ2n) is 4.59. The Morgan fingerprint density at radius 1 is 1.29 bits per heavy atom. The number of hydrogen-bond donors (Lipinski definition) is 0. The van der Waals surface area contributed by atoms with Gasteiger partial charge in [-0.1, -0.05) is 31.4 Å². The van der Waals surface area contributed by atoms with Crippen molar-refractivity contribution in [3.63, 3.8) is 0 Å². The highest BCUT2D eigenvalue weighted by Crippen LogP contribution is 2.19. The van der Waals surface area contributed by atoms with Crippen molar-refractivity contribution >= 4 is 17.4 Å². The zero-order valence-corrected chi connectivity index (χ0v) is 12.0. The largest absolute Gasteiger partial charge is 0.354 e. The molecule has 0 saturated carbocycles. The van der Waals surface area contributed by atoms with E-state index in [0.29, 0.717) is 11.2 Å². The van der Waals surface area contributed by atoms with Crippen molar-refractivity contribution in [1.82, 2.24) is 9.97 Å². The molecule has 0 aromatic carbocycles. The number of anilines is 1. The van der Waals surface area contributed by atoms with Gasteiger partial charge in [0.1, 0.15) is 16.8 Å². The molecule has 1 heterocycles. The second kappa shape index (κ2) is 6.80. The van der Waals surface area contributed by atoms with Crippen LogP contribution in [0.1, 0.15) is 45.9 Å². The maximum absolute atomic E-state index is 5.98. The van der Waals surface area contributed by atoms with Gasteiger partial charge >= 0.3 is 0 Å². The standard InChI is InChI=1S/C13H22ClN3/c1-5-6-7-8-17(10(2)3)13-9-12(14)15-11(4)16-13/h9-10H,5-8H2,1-4H3. The molecule has 96 valence electrons. The highest BCUT2D eigenvalue weighted by molar-refractivity contribution is 6.29. The molecule has 1 aromatic rings. The van der Waals surface area contributed by atoms with E-state index in [1.54, 1.807) is 0 Å². The Morgan fingerprint density at radius 2 is 2.00 bits per heavy atom. The Balaban J connectivity index is 2.81. The summed E-state index contributed by atoms with van der Waals surface area (Å²) < 4.78 is 0. The van der Waals surface area contributed by atoms with E-state index < -0.39 is 0 Å². The molecule has 1 aromatic heterocycles. The van der Waals surface area contributed by atoms with E-state index in [1.807, 2.05) is 13.0 Å². The van der Waals surface area contributed by atoms with Crippen LogP contribution in [0.5, 0.6) is 0 Å². The summed E-state index contributed by atoms with van der Waals surface area (Å²) in [6.45, 7) is 9.47. The summed E-state index contributed by atoms with van der Waals surface area (Å²) in [6, 6.07) is 2.28. The Hall–Kier alpha value is -0.830. The molecule has 0 unspecified atom stereocenters. The third-order valence-electron chi connectivity index (χ3n) is 2.71. The van der Waals surface area contributed by atoms with Gasteiger partial charge in [-0.15, -0.1) is 0 Å². The van der Waals surface area contributed by atoms with Crippen LogP contribution in [0.4, 0.5) is 5.82 Å². The minimum Gasteiger partial charge on any atom is -0.354 e. The fourth-order valence-electron chi connectivity index (χ4n) is 1.83. The van der Waals surface area contributed by atoms with Crippen LogP contribution in [0.25, 0.3) is 0 Å². The van der Waals surface area contributed by atoms with Crippen LogP contribution in [0.2, 0.25) is 5.15 Å². The summed E-state index contributed by atoms with van der Waals surface area (Å²) in [7, 11) is 0. The number of aryl methyl sites for hydroxylation is 1. The quantitative estimate of drug-likeness (QED) is 0.571. The van der Waals surface area contributed by atoms with Crippen LogP contribution in [0.3, 0.4) is 0 Å². The van der Waals surface area contributed by atoms with E-state index >= 15 is 0 Å². The number of halogens is 1. The molecule has 4 heteroatoms. The number of hydrogen-bond acceptors (Lipinski definition) is 3. The summed E-state index contributed by atoms with van der Waals surface area (Å²) in [5, 5.41) is 0.522. The van der Waals surface area contributed by atoms with Crippen LogP contribution >= 0.6 is 11.6 Å². The van der Waals surface area contributed by atoms with Crippen molar-refractivity contribution in [1.29, 1.82) is 0 Å². The van der Waals surface area contributed by atoms with Gasteiger partial charge in [0, 0.05) is 18.7 Å². The van der Waals surface area contributed by atoms with E-state index in [1.165, 1.54) is 19.3 Å². The average Bonchev–Trinajstić information content (AvgIpc) is 2.22. The van der Waals surface area contributed by atoms with Crippen LogP contribution in [0.15, 0.2) is 6.07 Å². The predicted molar refractivity (Wildman–Crippen MR) is 73.8 cm³/mol. The fraction of sp³-hybridized carbons (Fsp3) is 0.692. The van der Waals surface area contributed by atoms with Crippen LogP contribution < -0.4 is 4.90 Å². The van der Waals surface area contributed by atoms with Crippen molar-refractivity contribution in [2.75, 3.05) is 11.4 Å². The molecule has 0 radical (unpaired) electrons. The molecule has 0 fully saturated rings. The predicted octanol–water partition coefficient (Wildman–Crippen LogP) is 3.84. The zero-order valence-electron chi connectivity index (χ0n) is 11.2. The minimum absolute atomic E-state index is 0.428. The highest BCUT2D eigenvalue weighted by atomic mass is 35.5. The summed E-state index contributed by atoms with van der Waals surface area (Å²) in [4.78, 5) is 10.9. The van der Waals surface area contributed by atoms with Crippen molar-refractivity contribution in [3.8, 4) is 0 Å². The first-order valence-corrected chi connectivity index (χ1v) is 6.70. The molecule has 0 aliphatic carbocycles. The Kier molecular flexibility index (Phi) is 5.69. The Labute approximate surface area is 109 Å². The topological polar surface area (TPSA) is 29.0 Å². The molecule has 1 rings (SSSR count). The van der Waals surface area contributed by atoms with E-state index in [4.69, 9.17) is 11.6 Å². The molecule has 0 saturated heterocycles. The summed E-state index contributed by atoms with van der Waals surface area (Å²) >= 11 is 5.98. The number of aromatic nitrogens is 2. The minimum atomic E-state index is 0.428. The molecule has 3 nitrogen and oxygen atoms in total. The fourth-order valence-corrected chi connectivity index (χ4v) is 2.05. The molecule has 0 bridgehead atoms. The highest BCUT2D eigenvalue weighted by Gasteiger charge is 2.12. The molecule has 17 heavy (non-hydrogen) atoms. The molecular formula is C13H22ClN3. The van der Waals surface area contributed by atoms with Gasteiger partial charge in [-0.05, 0) is 27.2 Å². The SMILES string of the molecule is CCCCCN(c1cc(Cl)nc(C)n1)C(C)C. The second-order valence-corrected chi connectivity index (χ2v) is 4.98. The van der Waals surface area contributed by atoms with E-state index in [0.717, 1.165) is 18.2 Å². The molecule has 0 N–H and O–H groups in total. The van der Waals surface area contributed by atoms with Crippen molar-refractivity contribution in [2.24, 2.45) is 0 Å². The van der Waals surface area contributed by atoms with Crippen LogP contribution in [-0.2, 0) is 0 Å². The van der Waals surface area contributed by atoms with Gasteiger partial charge < -0.3 is 4.90 Å². The number of nitrogens with zero attached hydrogens (tertiary/aromatic N) is 3. The van der Waals surface area contributed by atoms with Gasteiger partial charge in [0.15, 0.2) is 0 Å². The summed E-state index contributed by atoms with van der Waals surface area (Å²) in [6.07, 6.45) is 3.67. The monoisotopic (exact) mass is 255 g/mol. The first kappa shape index (κ1) is 14.2. The normalized spacial score (nSPS) is 10.9. The van der Waals surface area contributed by atoms with Crippen molar-refractivity contribution < 1.29 is 0 Å². The lowest BCUT2D eigenvalue weighted by Crippen LogP contribution is -2.32. The maximum atomic E-state index is 5.98. The van der Waals surface area contributed by atoms with E-state index in [2.05, 4.69) is 35.6 Å². The first-order chi connectivity index (χ1) is 8.04. The molecule has 0 atom stereocenters. The van der Waals surface area contributed by atoms with Gasteiger partial charge in [0.2, 0.25) is 0 Å². The van der Waals surface area contributed by atoms with Crippen molar-refractivity contribution in [3.05, 3.63) is 17.0 Å². The van der Waals surface area contributed by atoms with Gasteiger partial charge in [-0.3, -0.25) is 0 Å². The van der Waals surface area contributed by atoms with E-state index in [9.17, 15) is 0 Å². The summed E-state index contributed by atoms with van der Waals surface area (Å²) in [5.74, 6) is 1.67. The first-order valence-electron chi connectivity index (χ1n) is 6.32. The van der Waals surface area contributed by atoms with Gasteiger partial charge in [-0.2, -0.15) is 0 Å². The molecule has 0 amide bonds.